The fraction of sp³-hybridized carbons (Fsp3) is 0.143. The van der Waals surface area contributed by atoms with Crippen molar-refractivity contribution in [2.45, 2.75) is 0 Å². The number of esters is 1. The van der Waals surface area contributed by atoms with Crippen molar-refractivity contribution in [1.29, 1.82) is 5.26 Å². The molecule has 0 aromatic carbocycles. The topological polar surface area (TPSA) is 50.1 Å². The molecule has 0 aromatic heterocycles. The van der Waals surface area contributed by atoms with Crippen LogP contribution >= 0.6 is 0 Å². The molecule has 52 valence electrons. The van der Waals surface area contributed by atoms with E-state index in [4.69, 9.17) is 5.26 Å². The lowest BCUT2D eigenvalue weighted by molar-refractivity contribution is -0.135. The lowest BCUT2D eigenvalue weighted by atomic mass is 10.3. The van der Waals surface area contributed by atoms with Gasteiger partial charge in [-0.1, -0.05) is 6.58 Å². The van der Waals surface area contributed by atoms with Crippen LogP contribution in [-0.4, -0.2) is 13.1 Å². The first-order valence-electron chi connectivity index (χ1n) is 2.55. The molecular formula is C7H7NO2. The SMILES string of the molecule is C=C(C=CC#N)C(=O)OC. The van der Waals surface area contributed by atoms with Gasteiger partial charge in [-0.05, 0) is 6.08 Å². The van der Waals surface area contributed by atoms with Gasteiger partial charge < -0.3 is 4.74 Å². The second kappa shape index (κ2) is 4.33. The van der Waals surface area contributed by atoms with Gasteiger partial charge in [-0.25, -0.2) is 4.79 Å². The third kappa shape index (κ3) is 2.68. The predicted molar refractivity (Wildman–Crippen MR) is 35.9 cm³/mol. The fourth-order valence-electron chi connectivity index (χ4n) is 0.337. The van der Waals surface area contributed by atoms with Gasteiger partial charge in [0.2, 0.25) is 0 Å². The van der Waals surface area contributed by atoms with E-state index >= 15 is 0 Å². The van der Waals surface area contributed by atoms with Crippen LogP contribution in [-0.2, 0) is 9.53 Å². The van der Waals surface area contributed by atoms with Crippen molar-refractivity contribution in [3.05, 3.63) is 24.3 Å². The van der Waals surface area contributed by atoms with E-state index < -0.39 is 5.97 Å². The summed E-state index contributed by atoms with van der Waals surface area (Å²) in [7, 11) is 1.26. The summed E-state index contributed by atoms with van der Waals surface area (Å²) in [5.41, 5.74) is 0.170. The normalized spacial score (nSPS) is 8.80. The molecule has 0 rings (SSSR count). The van der Waals surface area contributed by atoms with Gasteiger partial charge in [-0.3, -0.25) is 0 Å². The van der Waals surface area contributed by atoms with E-state index in [0.29, 0.717) is 0 Å². The smallest absolute Gasteiger partial charge is 0.337 e. The Bertz CT molecular complexity index is 210. The van der Waals surface area contributed by atoms with Crippen LogP contribution in [0.1, 0.15) is 0 Å². The Morgan fingerprint density at radius 3 is 2.80 bits per heavy atom. The summed E-state index contributed by atoms with van der Waals surface area (Å²) >= 11 is 0. The molecule has 0 saturated heterocycles. The Kier molecular flexibility index (Phi) is 3.66. The van der Waals surface area contributed by atoms with E-state index in [9.17, 15) is 4.79 Å². The Morgan fingerprint density at radius 1 is 1.80 bits per heavy atom. The Morgan fingerprint density at radius 2 is 2.40 bits per heavy atom. The van der Waals surface area contributed by atoms with Gasteiger partial charge in [0.25, 0.3) is 0 Å². The zero-order valence-corrected chi connectivity index (χ0v) is 5.63. The second-order valence-electron chi connectivity index (χ2n) is 1.48. The second-order valence-corrected chi connectivity index (χ2v) is 1.48. The third-order valence-corrected chi connectivity index (χ3v) is 0.807. The standard InChI is InChI=1S/C7H7NO2/c1-6(4-3-5-8)7(9)10-2/h3-4H,1H2,2H3. The van der Waals surface area contributed by atoms with E-state index in [1.807, 2.05) is 0 Å². The number of nitrogens with zero attached hydrogens (tertiary/aromatic N) is 1. The molecule has 0 unspecified atom stereocenters. The van der Waals surface area contributed by atoms with Crippen LogP contribution < -0.4 is 0 Å². The van der Waals surface area contributed by atoms with Crippen LogP contribution in [0.3, 0.4) is 0 Å². The number of allylic oxidation sites excluding steroid dienone is 1. The highest BCUT2D eigenvalue weighted by Crippen LogP contribution is 1.94. The van der Waals surface area contributed by atoms with Crippen molar-refractivity contribution in [3.63, 3.8) is 0 Å². The summed E-state index contributed by atoms with van der Waals surface area (Å²) < 4.78 is 4.31. The molecule has 0 radical (unpaired) electrons. The third-order valence-electron chi connectivity index (χ3n) is 0.807. The summed E-state index contributed by atoms with van der Waals surface area (Å²) in [5.74, 6) is -0.522. The van der Waals surface area contributed by atoms with Gasteiger partial charge in [0.05, 0.1) is 18.8 Å². The van der Waals surface area contributed by atoms with Crippen LogP contribution in [0.25, 0.3) is 0 Å². The van der Waals surface area contributed by atoms with Gasteiger partial charge in [0, 0.05) is 6.08 Å². The van der Waals surface area contributed by atoms with Gasteiger partial charge in [0.15, 0.2) is 0 Å². The molecule has 0 aliphatic rings. The van der Waals surface area contributed by atoms with E-state index in [2.05, 4.69) is 11.3 Å². The van der Waals surface area contributed by atoms with E-state index in [1.54, 1.807) is 6.07 Å². The molecule has 0 heterocycles. The molecule has 0 bridgehead atoms. The highest BCUT2D eigenvalue weighted by molar-refractivity contribution is 5.90. The summed E-state index contributed by atoms with van der Waals surface area (Å²) in [4.78, 5) is 10.5. The maximum atomic E-state index is 10.5. The van der Waals surface area contributed by atoms with Crippen molar-refractivity contribution < 1.29 is 9.53 Å². The van der Waals surface area contributed by atoms with Gasteiger partial charge >= 0.3 is 5.97 Å². The number of hydrogen-bond donors (Lipinski definition) is 0. The highest BCUT2D eigenvalue weighted by atomic mass is 16.5. The molecule has 0 aliphatic heterocycles. The van der Waals surface area contributed by atoms with Crippen molar-refractivity contribution >= 4 is 5.97 Å². The lowest BCUT2D eigenvalue weighted by Crippen LogP contribution is -2.00. The van der Waals surface area contributed by atoms with Gasteiger partial charge in [0.1, 0.15) is 0 Å². The molecule has 10 heavy (non-hydrogen) atoms. The number of rotatable bonds is 2. The molecule has 3 nitrogen and oxygen atoms in total. The first-order valence-corrected chi connectivity index (χ1v) is 2.55. The summed E-state index contributed by atoms with van der Waals surface area (Å²) in [6.45, 7) is 3.35. The predicted octanol–water partition coefficient (Wildman–Crippen LogP) is 0.795. The average Bonchev–Trinajstić information content (AvgIpc) is 1.98. The monoisotopic (exact) mass is 137 g/mol. The number of ether oxygens (including phenoxy) is 1. The molecule has 0 N–H and O–H groups in total. The number of methoxy groups -OCH3 is 1. The van der Waals surface area contributed by atoms with Crippen LogP contribution in [0, 0.1) is 11.3 Å². The van der Waals surface area contributed by atoms with Crippen molar-refractivity contribution in [2.75, 3.05) is 7.11 Å². The first-order chi connectivity index (χ1) is 4.72. The minimum absolute atomic E-state index is 0.170. The largest absolute Gasteiger partial charge is 0.465 e. The molecule has 0 atom stereocenters. The molecule has 0 saturated carbocycles. The van der Waals surface area contributed by atoms with E-state index in [-0.39, 0.29) is 5.57 Å². The quantitative estimate of drug-likeness (QED) is 0.245. The molecule has 0 aromatic rings. The summed E-state index contributed by atoms with van der Waals surface area (Å²) in [5, 5.41) is 8.04. The Balaban J connectivity index is 4.01. The Hall–Kier alpha value is -1.56. The van der Waals surface area contributed by atoms with E-state index in [0.717, 1.165) is 0 Å². The van der Waals surface area contributed by atoms with Crippen molar-refractivity contribution in [3.8, 4) is 6.07 Å². The van der Waals surface area contributed by atoms with Crippen LogP contribution in [0.15, 0.2) is 24.3 Å². The fourth-order valence-corrected chi connectivity index (χ4v) is 0.337. The number of carbonyl (C=O) groups excluding carboxylic acids is 1. The van der Waals surface area contributed by atoms with Crippen molar-refractivity contribution in [2.24, 2.45) is 0 Å². The van der Waals surface area contributed by atoms with Crippen LogP contribution in [0.4, 0.5) is 0 Å². The maximum absolute atomic E-state index is 10.5. The molecule has 0 aliphatic carbocycles. The number of hydrogen-bond acceptors (Lipinski definition) is 3. The average molecular weight is 137 g/mol. The van der Waals surface area contributed by atoms with Gasteiger partial charge in [-0.2, -0.15) is 5.26 Å². The zero-order valence-electron chi connectivity index (χ0n) is 5.63. The minimum atomic E-state index is -0.522. The maximum Gasteiger partial charge on any atom is 0.337 e. The minimum Gasteiger partial charge on any atom is -0.465 e. The first kappa shape index (κ1) is 8.44. The van der Waals surface area contributed by atoms with E-state index in [1.165, 1.54) is 19.3 Å². The molecule has 0 spiro atoms. The van der Waals surface area contributed by atoms with Gasteiger partial charge in [-0.15, -0.1) is 0 Å². The molecular weight excluding hydrogens is 130 g/mol. The van der Waals surface area contributed by atoms with Crippen LogP contribution in [0.5, 0.6) is 0 Å². The number of nitriles is 1. The number of carbonyl (C=O) groups is 1. The molecule has 3 heteroatoms. The molecule has 0 fully saturated rings. The van der Waals surface area contributed by atoms with Crippen molar-refractivity contribution in [1.82, 2.24) is 0 Å². The zero-order chi connectivity index (χ0) is 7.98. The van der Waals surface area contributed by atoms with Crippen LogP contribution in [0.2, 0.25) is 0 Å². The Labute approximate surface area is 59.2 Å². The summed E-state index contributed by atoms with van der Waals surface area (Å²) in [6.07, 6.45) is 2.46. The highest BCUT2D eigenvalue weighted by Gasteiger charge is 1.99. The molecule has 0 amide bonds. The summed E-state index contributed by atoms with van der Waals surface area (Å²) in [6, 6.07) is 1.73. The lowest BCUT2D eigenvalue weighted by Gasteiger charge is -1.93.